The summed E-state index contributed by atoms with van der Waals surface area (Å²) in [6.07, 6.45) is 15.9. The van der Waals surface area contributed by atoms with Crippen molar-refractivity contribution in [1.82, 2.24) is 0 Å². The van der Waals surface area contributed by atoms with Crippen LogP contribution in [0.3, 0.4) is 0 Å². The molecule has 0 aromatic rings. The molecule has 3 saturated carbocycles. The van der Waals surface area contributed by atoms with Gasteiger partial charge in [0.1, 0.15) is 0 Å². The first-order chi connectivity index (χ1) is 11.7. The summed E-state index contributed by atoms with van der Waals surface area (Å²) < 4.78 is 0. The highest BCUT2D eigenvalue weighted by atomic mass is 14.6. The van der Waals surface area contributed by atoms with Crippen LogP contribution in [-0.4, -0.2) is 0 Å². The lowest BCUT2D eigenvalue weighted by molar-refractivity contribution is -0.0564. The minimum atomic E-state index is 0.480. The van der Waals surface area contributed by atoms with Crippen LogP contribution in [0.5, 0.6) is 0 Å². The minimum absolute atomic E-state index is 0.480. The van der Waals surface area contributed by atoms with Gasteiger partial charge in [0.25, 0.3) is 0 Å². The van der Waals surface area contributed by atoms with Gasteiger partial charge in [0.05, 0.1) is 0 Å². The molecule has 0 nitrogen and oxygen atoms in total. The lowest BCUT2D eigenvalue weighted by atomic mass is 9.47. The van der Waals surface area contributed by atoms with Crippen molar-refractivity contribution >= 4 is 0 Å². The SMILES string of the molecule is CC1CCC2=CCC3C(CCC4(C)C3CCC4C(C)(C)C)C2(C)CC1. The maximum absolute atomic E-state index is 2.75. The fourth-order valence-electron chi connectivity index (χ4n) is 8.41. The fourth-order valence-corrected chi connectivity index (χ4v) is 8.41. The Labute approximate surface area is 157 Å². The van der Waals surface area contributed by atoms with E-state index in [1.54, 1.807) is 0 Å². The Balaban J connectivity index is 1.65. The lowest BCUT2D eigenvalue weighted by Crippen LogP contribution is -2.50. The molecule has 4 aliphatic carbocycles. The zero-order valence-corrected chi connectivity index (χ0v) is 17.8. The Morgan fingerprint density at radius 2 is 1.68 bits per heavy atom. The quantitative estimate of drug-likeness (QED) is 0.397. The second kappa shape index (κ2) is 5.87. The molecule has 142 valence electrons. The Hall–Kier alpha value is -0.260. The summed E-state index contributed by atoms with van der Waals surface area (Å²) in [7, 11) is 0. The molecule has 0 spiro atoms. The van der Waals surface area contributed by atoms with E-state index in [2.05, 4.69) is 47.6 Å². The third-order valence-corrected chi connectivity index (χ3v) is 9.73. The zero-order valence-electron chi connectivity index (χ0n) is 17.8. The van der Waals surface area contributed by atoms with Crippen molar-refractivity contribution in [3.8, 4) is 0 Å². The molecule has 0 radical (unpaired) electrons. The predicted octanol–water partition coefficient (Wildman–Crippen LogP) is 7.64. The van der Waals surface area contributed by atoms with Gasteiger partial charge in [-0.2, -0.15) is 0 Å². The Morgan fingerprint density at radius 1 is 0.920 bits per heavy atom. The van der Waals surface area contributed by atoms with E-state index in [9.17, 15) is 0 Å². The number of fused-ring (bicyclic) bond motifs is 5. The van der Waals surface area contributed by atoms with E-state index in [4.69, 9.17) is 0 Å². The van der Waals surface area contributed by atoms with Crippen LogP contribution in [0.15, 0.2) is 11.6 Å². The van der Waals surface area contributed by atoms with Gasteiger partial charge in [-0.25, -0.2) is 0 Å². The van der Waals surface area contributed by atoms with E-state index in [1.165, 1.54) is 57.8 Å². The summed E-state index contributed by atoms with van der Waals surface area (Å²) in [4.78, 5) is 0. The van der Waals surface area contributed by atoms with Crippen LogP contribution in [-0.2, 0) is 0 Å². The van der Waals surface area contributed by atoms with Crippen molar-refractivity contribution in [2.24, 2.45) is 45.8 Å². The molecule has 3 fully saturated rings. The third-order valence-electron chi connectivity index (χ3n) is 9.73. The second-order valence-electron chi connectivity index (χ2n) is 12.0. The molecule has 0 aliphatic heterocycles. The van der Waals surface area contributed by atoms with Gasteiger partial charge in [0.2, 0.25) is 0 Å². The molecule has 0 bridgehead atoms. The van der Waals surface area contributed by atoms with Gasteiger partial charge in [-0.3, -0.25) is 0 Å². The third kappa shape index (κ3) is 2.68. The average molecular weight is 343 g/mol. The molecule has 0 amide bonds. The number of hydrogen-bond acceptors (Lipinski definition) is 0. The van der Waals surface area contributed by atoms with Gasteiger partial charge in [0, 0.05) is 0 Å². The molecule has 0 heterocycles. The van der Waals surface area contributed by atoms with E-state index < -0.39 is 0 Å². The molecular formula is C25H42. The normalized spacial score (nSPS) is 50.3. The highest BCUT2D eigenvalue weighted by molar-refractivity contribution is 5.24. The summed E-state index contributed by atoms with van der Waals surface area (Å²) in [5.41, 5.74) is 3.49. The van der Waals surface area contributed by atoms with E-state index in [1.807, 2.05) is 5.57 Å². The maximum atomic E-state index is 2.75. The van der Waals surface area contributed by atoms with Crippen LogP contribution in [0.1, 0.15) is 99.3 Å². The van der Waals surface area contributed by atoms with Crippen molar-refractivity contribution < 1.29 is 0 Å². The zero-order chi connectivity index (χ0) is 18.0. The first-order valence-corrected chi connectivity index (χ1v) is 11.4. The standard InChI is InChI=1S/C25H42/c1-17-7-8-18-9-10-19-20-11-12-22(23(2,3)4)25(20,6)16-14-21(19)24(18,5)15-13-17/h9,17,19-22H,7-8,10-16H2,1-6H3. The molecule has 4 rings (SSSR count). The molecule has 4 aliphatic rings. The summed E-state index contributed by atoms with van der Waals surface area (Å²) in [6.45, 7) is 15.4. The van der Waals surface area contributed by atoms with Crippen LogP contribution < -0.4 is 0 Å². The van der Waals surface area contributed by atoms with Crippen LogP contribution in [0.2, 0.25) is 0 Å². The fraction of sp³-hybridized carbons (Fsp3) is 0.920. The monoisotopic (exact) mass is 342 g/mol. The van der Waals surface area contributed by atoms with E-state index in [0.717, 1.165) is 29.6 Å². The second-order valence-corrected chi connectivity index (χ2v) is 12.0. The molecule has 25 heavy (non-hydrogen) atoms. The van der Waals surface area contributed by atoms with Crippen molar-refractivity contribution in [3.05, 3.63) is 11.6 Å². The Bertz CT molecular complexity index is 549. The summed E-state index contributed by atoms with van der Waals surface area (Å²) in [5, 5.41) is 0. The number of rotatable bonds is 0. The highest BCUT2D eigenvalue weighted by Gasteiger charge is 2.59. The average Bonchev–Trinajstić information content (AvgIpc) is 2.82. The molecule has 0 aromatic heterocycles. The van der Waals surface area contributed by atoms with Gasteiger partial charge in [-0.05, 0) is 104 Å². The molecule has 0 saturated heterocycles. The number of allylic oxidation sites excluding steroid dienone is 2. The van der Waals surface area contributed by atoms with Crippen LogP contribution in [0, 0.1) is 45.8 Å². The predicted molar refractivity (Wildman–Crippen MR) is 108 cm³/mol. The summed E-state index contributed by atoms with van der Waals surface area (Å²) >= 11 is 0. The summed E-state index contributed by atoms with van der Waals surface area (Å²) in [6, 6.07) is 0. The molecule has 7 unspecified atom stereocenters. The minimum Gasteiger partial charge on any atom is -0.0845 e. The van der Waals surface area contributed by atoms with Crippen LogP contribution >= 0.6 is 0 Å². The lowest BCUT2D eigenvalue weighted by Gasteiger charge is -2.57. The molecule has 0 N–H and O–H groups in total. The molecule has 7 atom stereocenters. The summed E-state index contributed by atoms with van der Waals surface area (Å²) in [5.74, 6) is 4.82. The molecule has 0 heteroatoms. The smallest absolute Gasteiger partial charge is 0.00852 e. The van der Waals surface area contributed by atoms with Gasteiger partial charge in [0.15, 0.2) is 0 Å². The van der Waals surface area contributed by atoms with Crippen molar-refractivity contribution in [3.63, 3.8) is 0 Å². The molecular weight excluding hydrogens is 300 g/mol. The van der Waals surface area contributed by atoms with Crippen LogP contribution in [0.25, 0.3) is 0 Å². The topological polar surface area (TPSA) is 0 Å². The first-order valence-electron chi connectivity index (χ1n) is 11.4. The Morgan fingerprint density at radius 3 is 2.40 bits per heavy atom. The van der Waals surface area contributed by atoms with E-state index in [0.29, 0.717) is 16.2 Å². The van der Waals surface area contributed by atoms with Crippen molar-refractivity contribution in [1.29, 1.82) is 0 Å². The maximum Gasteiger partial charge on any atom is -0.00852 e. The van der Waals surface area contributed by atoms with Crippen molar-refractivity contribution in [2.75, 3.05) is 0 Å². The van der Waals surface area contributed by atoms with Gasteiger partial charge in [-0.1, -0.05) is 53.2 Å². The highest BCUT2D eigenvalue weighted by Crippen LogP contribution is 2.68. The van der Waals surface area contributed by atoms with E-state index in [-0.39, 0.29) is 0 Å². The largest absolute Gasteiger partial charge is 0.0845 e. The van der Waals surface area contributed by atoms with Gasteiger partial charge in [-0.15, -0.1) is 0 Å². The number of hydrogen-bond donors (Lipinski definition) is 0. The van der Waals surface area contributed by atoms with Gasteiger partial charge >= 0.3 is 0 Å². The van der Waals surface area contributed by atoms with Crippen LogP contribution in [0.4, 0.5) is 0 Å². The molecule has 0 aromatic carbocycles. The van der Waals surface area contributed by atoms with Gasteiger partial charge < -0.3 is 0 Å². The first kappa shape index (κ1) is 18.1. The van der Waals surface area contributed by atoms with Crippen molar-refractivity contribution in [2.45, 2.75) is 99.3 Å². The Kier molecular flexibility index (Phi) is 4.25. The van der Waals surface area contributed by atoms with E-state index >= 15 is 0 Å².